The van der Waals surface area contributed by atoms with Gasteiger partial charge in [-0.15, -0.1) is 0 Å². The van der Waals surface area contributed by atoms with Crippen molar-refractivity contribution in [3.05, 3.63) is 82.9 Å². The van der Waals surface area contributed by atoms with Gasteiger partial charge in [0.1, 0.15) is 11.3 Å². The van der Waals surface area contributed by atoms with Gasteiger partial charge in [0.05, 0.1) is 12.3 Å². The number of carbonyl (C=O) groups excluding carboxylic acids is 1. The molecule has 1 aliphatic rings. The molecule has 4 aromatic rings. The van der Waals surface area contributed by atoms with Crippen molar-refractivity contribution in [3.8, 4) is 17.0 Å². The number of amides is 1. The fraction of sp³-hybridized carbons (Fsp3) is 0.321. The van der Waals surface area contributed by atoms with E-state index in [4.69, 9.17) is 4.74 Å². The molecule has 0 bridgehead atoms. The predicted molar refractivity (Wildman–Crippen MR) is 141 cm³/mol. The topological polar surface area (TPSA) is 72.1 Å². The average Bonchev–Trinajstić information content (AvgIpc) is 3.35. The standard InChI is InChI=1S/C28H31N5O3/c1-3-36-23-10-8-22(9-11-23)24-20-26-28(35)32(18-19-33(26)29-24)13-12-27(34)31-16-14-30(15-17-31)25-7-5-4-6-21(25)2/h4-11,18-20H,3,12-17H2,1-2H3. The zero-order valence-electron chi connectivity index (χ0n) is 20.8. The van der Waals surface area contributed by atoms with E-state index in [1.54, 1.807) is 27.5 Å². The molecule has 0 radical (unpaired) electrons. The molecule has 0 aliphatic carbocycles. The van der Waals surface area contributed by atoms with Crippen molar-refractivity contribution in [1.29, 1.82) is 0 Å². The number of hydrogen-bond donors (Lipinski definition) is 0. The van der Waals surface area contributed by atoms with Crippen LogP contribution in [0.15, 0.2) is 71.8 Å². The van der Waals surface area contributed by atoms with Crippen LogP contribution in [0.25, 0.3) is 16.8 Å². The Morgan fingerprint density at radius 3 is 2.47 bits per heavy atom. The summed E-state index contributed by atoms with van der Waals surface area (Å²) < 4.78 is 8.69. The molecule has 1 amide bonds. The number of para-hydroxylation sites is 1. The number of piperazine rings is 1. The van der Waals surface area contributed by atoms with E-state index in [0.717, 1.165) is 30.1 Å². The van der Waals surface area contributed by atoms with Crippen LogP contribution in [0.3, 0.4) is 0 Å². The van der Waals surface area contributed by atoms with Crippen LogP contribution in [-0.4, -0.2) is 57.8 Å². The van der Waals surface area contributed by atoms with E-state index in [-0.39, 0.29) is 11.5 Å². The lowest BCUT2D eigenvalue weighted by molar-refractivity contribution is -0.131. The lowest BCUT2D eigenvalue weighted by Crippen LogP contribution is -2.49. The van der Waals surface area contributed by atoms with Gasteiger partial charge in [-0.25, -0.2) is 4.52 Å². The van der Waals surface area contributed by atoms with Crippen molar-refractivity contribution < 1.29 is 9.53 Å². The van der Waals surface area contributed by atoms with Gasteiger partial charge in [0.15, 0.2) is 0 Å². The van der Waals surface area contributed by atoms with Crippen molar-refractivity contribution in [2.45, 2.75) is 26.8 Å². The highest BCUT2D eigenvalue weighted by molar-refractivity contribution is 5.76. The monoisotopic (exact) mass is 485 g/mol. The molecule has 0 spiro atoms. The number of carbonyl (C=O) groups is 1. The van der Waals surface area contributed by atoms with Gasteiger partial charge in [0, 0.05) is 62.8 Å². The highest BCUT2D eigenvalue weighted by atomic mass is 16.5. The van der Waals surface area contributed by atoms with Crippen LogP contribution in [0.4, 0.5) is 5.69 Å². The van der Waals surface area contributed by atoms with Crippen LogP contribution in [0.1, 0.15) is 18.9 Å². The first-order chi connectivity index (χ1) is 17.5. The lowest BCUT2D eigenvalue weighted by atomic mass is 10.1. The summed E-state index contributed by atoms with van der Waals surface area (Å²) in [6.45, 7) is 8.02. The molecule has 36 heavy (non-hydrogen) atoms. The maximum Gasteiger partial charge on any atom is 0.276 e. The third-order valence-corrected chi connectivity index (χ3v) is 6.72. The molecule has 0 atom stereocenters. The number of fused-ring (bicyclic) bond motifs is 1. The Labute approximate surface area is 210 Å². The van der Waals surface area contributed by atoms with Gasteiger partial charge in [0.25, 0.3) is 5.56 Å². The van der Waals surface area contributed by atoms with Crippen molar-refractivity contribution in [2.75, 3.05) is 37.7 Å². The predicted octanol–water partition coefficient (Wildman–Crippen LogP) is 3.61. The Morgan fingerprint density at radius 2 is 1.75 bits per heavy atom. The number of aromatic nitrogens is 3. The fourth-order valence-electron chi connectivity index (χ4n) is 4.72. The van der Waals surface area contributed by atoms with Crippen molar-refractivity contribution in [1.82, 2.24) is 19.1 Å². The normalized spacial score (nSPS) is 13.8. The summed E-state index contributed by atoms with van der Waals surface area (Å²) in [6, 6.07) is 17.8. The second-order valence-electron chi connectivity index (χ2n) is 9.02. The van der Waals surface area contributed by atoms with Gasteiger partial charge in [-0.1, -0.05) is 18.2 Å². The number of nitrogens with zero attached hydrogens (tertiary/aromatic N) is 5. The van der Waals surface area contributed by atoms with Gasteiger partial charge in [-0.2, -0.15) is 5.10 Å². The van der Waals surface area contributed by atoms with E-state index in [2.05, 4.69) is 35.1 Å². The van der Waals surface area contributed by atoms with Crippen LogP contribution in [-0.2, 0) is 11.3 Å². The largest absolute Gasteiger partial charge is 0.494 e. The summed E-state index contributed by atoms with van der Waals surface area (Å²) in [4.78, 5) is 30.2. The summed E-state index contributed by atoms with van der Waals surface area (Å²) >= 11 is 0. The van der Waals surface area contributed by atoms with E-state index in [1.165, 1.54) is 11.3 Å². The van der Waals surface area contributed by atoms with Gasteiger partial charge >= 0.3 is 0 Å². The van der Waals surface area contributed by atoms with Crippen LogP contribution < -0.4 is 15.2 Å². The maximum atomic E-state index is 13.1. The van der Waals surface area contributed by atoms with E-state index in [1.807, 2.05) is 42.2 Å². The minimum absolute atomic E-state index is 0.0785. The third kappa shape index (κ3) is 4.84. The van der Waals surface area contributed by atoms with Crippen molar-refractivity contribution in [3.63, 3.8) is 0 Å². The van der Waals surface area contributed by atoms with E-state index in [9.17, 15) is 9.59 Å². The Hall–Kier alpha value is -4.07. The lowest BCUT2D eigenvalue weighted by Gasteiger charge is -2.37. The molecule has 2 aromatic carbocycles. The molecule has 1 aliphatic heterocycles. The Morgan fingerprint density at radius 1 is 1.00 bits per heavy atom. The molecule has 186 valence electrons. The number of rotatable bonds is 7. The molecule has 2 aromatic heterocycles. The first-order valence-electron chi connectivity index (χ1n) is 12.4. The number of aryl methyl sites for hydroxylation is 2. The Kier molecular flexibility index (Phi) is 6.75. The van der Waals surface area contributed by atoms with Crippen LogP contribution in [0.2, 0.25) is 0 Å². The molecule has 0 saturated carbocycles. The molecule has 0 N–H and O–H groups in total. The first kappa shape index (κ1) is 23.7. The molecule has 8 heteroatoms. The summed E-state index contributed by atoms with van der Waals surface area (Å²) in [5.41, 5.74) is 4.44. The molecular formula is C28H31N5O3. The van der Waals surface area contributed by atoms with Gasteiger partial charge < -0.3 is 19.1 Å². The van der Waals surface area contributed by atoms with Crippen molar-refractivity contribution in [2.24, 2.45) is 0 Å². The summed E-state index contributed by atoms with van der Waals surface area (Å²) in [5.74, 6) is 0.878. The second kappa shape index (κ2) is 10.3. The number of hydrogen-bond acceptors (Lipinski definition) is 5. The van der Waals surface area contributed by atoms with E-state index < -0.39 is 0 Å². The summed E-state index contributed by atoms with van der Waals surface area (Å²) in [5, 5.41) is 4.55. The molecule has 0 unspecified atom stereocenters. The van der Waals surface area contributed by atoms with E-state index in [0.29, 0.717) is 38.2 Å². The number of ether oxygens (including phenoxy) is 1. The average molecular weight is 486 g/mol. The highest BCUT2D eigenvalue weighted by Gasteiger charge is 2.22. The van der Waals surface area contributed by atoms with Gasteiger partial charge in [-0.05, 0) is 55.8 Å². The smallest absolute Gasteiger partial charge is 0.276 e. The van der Waals surface area contributed by atoms with Crippen LogP contribution >= 0.6 is 0 Å². The molecular weight excluding hydrogens is 454 g/mol. The highest BCUT2D eigenvalue weighted by Crippen LogP contribution is 2.23. The molecule has 1 saturated heterocycles. The molecule has 5 rings (SSSR count). The zero-order chi connectivity index (χ0) is 25.1. The number of benzene rings is 2. The van der Waals surface area contributed by atoms with Crippen molar-refractivity contribution >= 4 is 17.1 Å². The van der Waals surface area contributed by atoms with Gasteiger partial charge in [0.2, 0.25) is 5.91 Å². The summed E-state index contributed by atoms with van der Waals surface area (Å²) in [6.07, 6.45) is 3.76. The Bertz CT molecular complexity index is 1420. The van der Waals surface area contributed by atoms with E-state index >= 15 is 0 Å². The second-order valence-corrected chi connectivity index (χ2v) is 9.02. The Balaban J connectivity index is 1.22. The maximum absolute atomic E-state index is 13.1. The van der Waals surface area contributed by atoms with Crippen LogP contribution in [0.5, 0.6) is 5.75 Å². The van der Waals surface area contributed by atoms with Gasteiger partial charge in [-0.3, -0.25) is 9.59 Å². The molecule has 3 heterocycles. The first-order valence-corrected chi connectivity index (χ1v) is 12.4. The molecule has 1 fully saturated rings. The minimum Gasteiger partial charge on any atom is -0.494 e. The third-order valence-electron chi connectivity index (χ3n) is 6.72. The number of anilines is 1. The minimum atomic E-state index is -0.153. The SMILES string of the molecule is CCOc1ccc(-c2cc3c(=O)n(CCC(=O)N4CCN(c5ccccc5C)CC4)ccn3n2)cc1. The quantitative estimate of drug-likeness (QED) is 0.400. The fourth-order valence-corrected chi connectivity index (χ4v) is 4.72. The zero-order valence-corrected chi connectivity index (χ0v) is 20.8. The summed E-state index contributed by atoms with van der Waals surface area (Å²) in [7, 11) is 0. The molecule has 8 nitrogen and oxygen atoms in total. The van der Waals surface area contributed by atoms with Crippen LogP contribution in [0, 0.1) is 6.92 Å².